The molecule has 9 nitrogen and oxygen atoms in total. The lowest BCUT2D eigenvalue weighted by atomic mass is 10.0. The summed E-state index contributed by atoms with van der Waals surface area (Å²) in [5, 5.41) is 5.40. The van der Waals surface area contributed by atoms with Gasteiger partial charge in [-0.25, -0.2) is 4.79 Å². The van der Waals surface area contributed by atoms with Crippen LogP contribution in [0.4, 0.5) is 10.5 Å². The highest BCUT2D eigenvalue weighted by molar-refractivity contribution is 6.03. The van der Waals surface area contributed by atoms with Crippen molar-refractivity contribution in [1.82, 2.24) is 15.1 Å². The van der Waals surface area contributed by atoms with Gasteiger partial charge in [-0.05, 0) is 39.3 Å². The largest absolute Gasteiger partial charge is 0.444 e. The van der Waals surface area contributed by atoms with Crippen LogP contribution < -0.4 is 10.6 Å². The van der Waals surface area contributed by atoms with Crippen molar-refractivity contribution >= 4 is 29.5 Å². The molecule has 0 bridgehead atoms. The topological polar surface area (TPSA) is 108 Å². The van der Waals surface area contributed by atoms with Gasteiger partial charge in [-0.1, -0.05) is 12.1 Å². The zero-order chi connectivity index (χ0) is 21.9. The van der Waals surface area contributed by atoms with E-state index in [2.05, 4.69) is 10.6 Å². The van der Waals surface area contributed by atoms with Crippen LogP contribution in [0.5, 0.6) is 0 Å². The average Bonchev–Trinajstić information content (AvgIpc) is 2.69. The maximum atomic E-state index is 13.1. The van der Waals surface area contributed by atoms with Gasteiger partial charge in [-0.15, -0.1) is 0 Å². The molecule has 1 aromatic carbocycles. The summed E-state index contributed by atoms with van der Waals surface area (Å²) in [4.78, 5) is 52.0. The third-order valence-corrected chi connectivity index (χ3v) is 4.94. The Labute approximate surface area is 175 Å². The number of imide groups is 1. The molecule has 2 aliphatic heterocycles. The summed E-state index contributed by atoms with van der Waals surface area (Å²) in [5.74, 6) is -0.848. The van der Waals surface area contributed by atoms with Crippen LogP contribution in [0.15, 0.2) is 24.3 Å². The van der Waals surface area contributed by atoms with E-state index in [1.54, 1.807) is 34.1 Å². The lowest BCUT2D eigenvalue weighted by Gasteiger charge is -2.36. The molecule has 1 aromatic rings. The Morgan fingerprint density at radius 3 is 2.33 bits per heavy atom. The fourth-order valence-electron chi connectivity index (χ4n) is 3.40. The molecule has 1 unspecified atom stereocenters. The predicted molar refractivity (Wildman–Crippen MR) is 110 cm³/mol. The van der Waals surface area contributed by atoms with Crippen molar-refractivity contribution < 1.29 is 23.9 Å². The molecule has 0 aromatic heterocycles. The molecule has 2 saturated heterocycles. The molecule has 2 aliphatic rings. The Morgan fingerprint density at radius 2 is 1.70 bits per heavy atom. The number of piperazine rings is 1. The number of nitrogens with zero attached hydrogens (tertiary/aromatic N) is 2. The summed E-state index contributed by atoms with van der Waals surface area (Å²) < 4.78 is 5.39. The lowest BCUT2D eigenvalue weighted by Crippen LogP contribution is -2.51. The van der Waals surface area contributed by atoms with Gasteiger partial charge in [-0.3, -0.25) is 19.7 Å². The summed E-state index contributed by atoms with van der Waals surface area (Å²) in [6, 6.07) is 6.43. The molecule has 0 radical (unpaired) electrons. The Morgan fingerprint density at radius 1 is 1.07 bits per heavy atom. The van der Waals surface area contributed by atoms with E-state index in [-0.39, 0.29) is 30.2 Å². The van der Waals surface area contributed by atoms with Crippen LogP contribution in [-0.4, -0.2) is 71.4 Å². The van der Waals surface area contributed by atoms with Gasteiger partial charge >= 0.3 is 6.09 Å². The van der Waals surface area contributed by atoms with Gasteiger partial charge in [0.15, 0.2) is 0 Å². The number of hydrogen-bond acceptors (Lipinski definition) is 6. The predicted octanol–water partition coefficient (Wildman–Crippen LogP) is 1.60. The zero-order valence-corrected chi connectivity index (χ0v) is 17.6. The minimum Gasteiger partial charge on any atom is -0.444 e. The second kappa shape index (κ2) is 8.73. The molecule has 0 aliphatic carbocycles. The van der Waals surface area contributed by atoms with Gasteiger partial charge in [-0.2, -0.15) is 0 Å². The van der Waals surface area contributed by atoms with Crippen LogP contribution in [0.3, 0.4) is 0 Å². The van der Waals surface area contributed by atoms with Crippen molar-refractivity contribution in [2.24, 2.45) is 0 Å². The molecule has 1 atom stereocenters. The number of benzene rings is 1. The van der Waals surface area contributed by atoms with E-state index in [9.17, 15) is 19.2 Å². The molecular weight excluding hydrogens is 388 g/mol. The molecule has 3 rings (SSSR count). The van der Waals surface area contributed by atoms with Crippen LogP contribution in [0.1, 0.15) is 44.0 Å². The van der Waals surface area contributed by atoms with E-state index in [0.717, 1.165) is 0 Å². The Kier molecular flexibility index (Phi) is 6.28. The minimum atomic E-state index is -0.569. The number of piperidine rings is 1. The third-order valence-electron chi connectivity index (χ3n) is 4.94. The molecule has 2 N–H and O–H groups in total. The van der Waals surface area contributed by atoms with Crippen molar-refractivity contribution in [3.8, 4) is 0 Å². The fourth-order valence-corrected chi connectivity index (χ4v) is 3.40. The van der Waals surface area contributed by atoms with E-state index in [1.165, 1.54) is 0 Å². The maximum absolute atomic E-state index is 13.1. The normalized spacial score (nSPS) is 19.9. The lowest BCUT2D eigenvalue weighted by molar-refractivity contribution is -0.133. The molecular formula is C21H28N4O5. The van der Waals surface area contributed by atoms with E-state index in [1.807, 2.05) is 20.8 Å². The van der Waals surface area contributed by atoms with Crippen LogP contribution in [-0.2, 0) is 14.3 Å². The second-order valence-electron chi connectivity index (χ2n) is 8.45. The first kappa shape index (κ1) is 21.6. The summed E-state index contributed by atoms with van der Waals surface area (Å²) in [5.41, 5.74) is 0.435. The van der Waals surface area contributed by atoms with Crippen molar-refractivity contribution in [2.75, 3.05) is 31.5 Å². The first-order chi connectivity index (χ1) is 14.1. The number of carbonyl (C=O) groups excluding carboxylic acids is 4. The summed E-state index contributed by atoms with van der Waals surface area (Å²) in [6.07, 6.45) is 0.253. The van der Waals surface area contributed by atoms with Gasteiger partial charge in [0, 0.05) is 38.3 Å². The number of hydrogen-bond donors (Lipinski definition) is 2. The summed E-state index contributed by atoms with van der Waals surface area (Å²) in [6.45, 7) is 7.02. The highest BCUT2D eigenvalue weighted by Gasteiger charge is 2.30. The van der Waals surface area contributed by atoms with Crippen LogP contribution in [0.2, 0.25) is 0 Å². The number of para-hydroxylation sites is 1. The average molecular weight is 416 g/mol. The molecule has 162 valence electrons. The zero-order valence-electron chi connectivity index (χ0n) is 17.6. The summed E-state index contributed by atoms with van der Waals surface area (Å²) >= 11 is 0. The van der Waals surface area contributed by atoms with Gasteiger partial charge < -0.3 is 19.9 Å². The number of carbonyl (C=O) groups is 4. The number of rotatable bonds is 3. The van der Waals surface area contributed by atoms with Gasteiger partial charge in [0.2, 0.25) is 11.8 Å². The maximum Gasteiger partial charge on any atom is 0.410 e. The van der Waals surface area contributed by atoms with Crippen LogP contribution >= 0.6 is 0 Å². The van der Waals surface area contributed by atoms with Crippen LogP contribution in [0.25, 0.3) is 0 Å². The third kappa shape index (κ3) is 5.28. The monoisotopic (exact) mass is 416 g/mol. The fraction of sp³-hybridized carbons (Fsp3) is 0.524. The number of anilines is 1. The molecule has 4 amide bonds. The number of amides is 4. The molecule has 2 fully saturated rings. The SMILES string of the molecule is CC(C)(C)OC(=O)N1CCN(C(=O)c2ccccc2NC2CCC(=O)NC2=O)CC1. The molecule has 2 heterocycles. The van der Waals surface area contributed by atoms with Crippen molar-refractivity contribution in [3.05, 3.63) is 29.8 Å². The quantitative estimate of drug-likeness (QED) is 0.725. The minimum absolute atomic E-state index is 0.172. The van der Waals surface area contributed by atoms with E-state index >= 15 is 0 Å². The first-order valence-electron chi connectivity index (χ1n) is 10.1. The van der Waals surface area contributed by atoms with Crippen molar-refractivity contribution in [1.29, 1.82) is 0 Å². The van der Waals surface area contributed by atoms with E-state index < -0.39 is 11.6 Å². The number of nitrogens with one attached hydrogen (secondary N) is 2. The molecule has 0 spiro atoms. The smallest absolute Gasteiger partial charge is 0.410 e. The van der Waals surface area contributed by atoms with Crippen molar-refractivity contribution in [3.63, 3.8) is 0 Å². The van der Waals surface area contributed by atoms with Crippen LogP contribution in [0, 0.1) is 0 Å². The number of ether oxygens (including phenoxy) is 1. The first-order valence-corrected chi connectivity index (χ1v) is 10.1. The Balaban J connectivity index is 1.63. The van der Waals surface area contributed by atoms with Gasteiger partial charge in [0.05, 0.1) is 5.56 Å². The Hall–Kier alpha value is -3.10. The highest BCUT2D eigenvalue weighted by atomic mass is 16.6. The molecule has 30 heavy (non-hydrogen) atoms. The van der Waals surface area contributed by atoms with E-state index in [4.69, 9.17) is 4.74 Å². The standard InChI is InChI=1S/C21H28N4O5/c1-21(2,3)30-20(29)25-12-10-24(11-13-25)19(28)14-6-4-5-7-15(14)22-16-8-9-17(26)23-18(16)27/h4-7,16,22H,8-13H2,1-3H3,(H,23,26,27). The summed E-state index contributed by atoms with van der Waals surface area (Å²) in [7, 11) is 0. The highest BCUT2D eigenvalue weighted by Crippen LogP contribution is 2.21. The van der Waals surface area contributed by atoms with Gasteiger partial charge in [0.1, 0.15) is 11.6 Å². The van der Waals surface area contributed by atoms with Gasteiger partial charge in [0.25, 0.3) is 5.91 Å². The molecule has 0 saturated carbocycles. The van der Waals surface area contributed by atoms with E-state index in [0.29, 0.717) is 43.9 Å². The Bertz CT molecular complexity index is 840. The molecule has 9 heteroatoms. The second-order valence-corrected chi connectivity index (χ2v) is 8.45. The van der Waals surface area contributed by atoms with Crippen molar-refractivity contribution in [2.45, 2.75) is 45.3 Å².